The average molecular weight is 555 g/mol. The molecule has 2 aromatic carbocycles. The van der Waals surface area contributed by atoms with Crippen LogP contribution >= 0.6 is 0 Å². The van der Waals surface area contributed by atoms with Gasteiger partial charge in [-0.3, -0.25) is 4.90 Å². The van der Waals surface area contributed by atoms with E-state index in [0.29, 0.717) is 13.2 Å². The molecule has 4 aliphatic carbocycles. The maximum absolute atomic E-state index is 11.4. The molecule has 4 saturated carbocycles. The second-order valence-corrected chi connectivity index (χ2v) is 13.0. The minimum atomic E-state index is -0.310. The second kappa shape index (κ2) is 11.3. The van der Waals surface area contributed by atoms with E-state index in [-0.39, 0.29) is 11.5 Å². The van der Waals surface area contributed by atoms with E-state index in [1.54, 1.807) is 13.4 Å². The molecule has 2 N–H and O–H groups in total. The van der Waals surface area contributed by atoms with Gasteiger partial charge >= 0.3 is 0 Å². The summed E-state index contributed by atoms with van der Waals surface area (Å²) in [6.45, 7) is 3.59. The zero-order chi connectivity index (χ0) is 27.8. The van der Waals surface area contributed by atoms with Crippen molar-refractivity contribution in [3.63, 3.8) is 0 Å². The summed E-state index contributed by atoms with van der Waals surface area (Å²) in [6, 6.07) is 16.4. The van der Waals surface area contributed by atoms with Gasteiger partial charge in [0.05, 0.1) is 18.9 Å². The molecule has 8 rings (SSSR count). The van der Waals surface area contributed by atoms with Crippen molar-refractivity contribution in [1.82, 2.24) is 14.9 Å². The Kier molecular flexibility index (Phi) is 7.34. The number of nitrogens with one attached hydrogen (secondary N) is 1. The van der Waals surface area contributed by atoms with Crippen LogP contribution in [0.2, 0.25) is 0 Å². The summed E-state index contributed by atoms with van der Waals surface area (Å²) in [7, 11) is 1.68. The van der Waals surface area contributed by atoms with Crippen LogP contribution in [0.3, 0.4) is 0 Å². The van der Waals surface area contributed by atoms with Gasteiger partial charge in [-0.15, -0.1) is 0 Å². The molecule has 5 aliphatic rings. The lowest BCUT2D eigenvalue weighted by Gasteiger charge is -2.58. The van der Waals surface area contributed by atoms with Gasteiger partial charge in [-0.2, -0.15) is 0 Å². The molecule has 1 aromatic heterocycles. The highest BCUT2D eigenvalue weighted by molar-refractivity contribution is 5.47. The number of hydrogen-bond donors (Lipinski definition) is 2. The van der Waals surface area contributed by atoms with Crippen molar-refractivity contribution in [3.05, 3.63) is 77.2 Å². The van der Waals surface area contributed by atoms with Crippen LogP contribution in [0.1, 0.15) is 60.9 Å². The molecule has 7 heteroatoms. The molecule has 216 valence electrons. The molecule has 7 nitrogen and oxygen atoms in total. The Morgan fingerprint density at radius 3 is 2.46 bits per heavy atom. The summed E-state index contributed by atoms with van der Waals surface area (Å²) < 4.78 is 11.7. The Morgan fingerprint density at radius 2 is 1.73 bits per heavy atom. The van der Waals surface area contributed by atoms with Crippen LogP contribution in [0.4, 0.5) is 5.82 Å². The first kappa shape index (κ1) is 26.7. The van der Waals surface area contributed by atoms with Gasteiger partial charge in [0.15, 0.2) is 11.5 Å². The number of methoxy groups -OCH3 is 1. The highest BCUT2D eigenvalue weighted by Gasteiger charge is 2.53. The van der Waals surface area contributed by atoms with Crippen LogP contribution < -0.4 is 14.8 Å². The highest BCUT2D eigenvalue weighted by Crippen LogP contribution is 2.61. The van der Waals surface area contributed by atoms with Gasteiger partial charge in [0.1, 0.15) is 18.8 Å². The molecule has 4 fully saturated rings. The standard InChI is InChI=1S/C34H42N4O3/c1-40-30-8-7-24(14-31(30)41-21-23-5-3-2-4-6-23)19-38-10-9-28-29(20-38)36-22-37-33(28)35-18-32(39)34-15-25-11-26(16-34)13-27(12-25)17-34/h2-8,14,22,25-27,32,39H,9-13,15-21H2,1H3,(H,35,36,37). The smallest absolute Gasteiger partial charge is 0.161 e. The topological polar surface area (TPSA) is 79.7 Å². The molecule has 4 bridgehead atoms. The molecular weight excluding hydrogens is 512 g/mol. The largest absolute Gasteiger partial charge is 0.493 e. The van der Waals surface area contributed by atoms with Crippen molar-refractivity contribution >= 4 is 5.82 Å². The maximum Gasteiger partial charge on any atom is 0.161 e. The van der Waals surface area contributed by atoms with Gasteiger partial charge in [-0.05, 0) is 91.4 Å². The Balaban J connectivity index is 0.985. The summed E-state index contributed by atoms with van der Waals surface area (Å²) in [5, 5.41) is 15.0. The van der Waals surface area contributed by atoms with Crippen LogP contribution in [0.5, 0.6) is 11.5 Å². The van der Waals surface area contributed by atoms with Crippen molar-refractivity contribution in [2.45, 2.75) is 70.7 Å². The van der Waals surface area contributed by atoms with Gasteiger partial charge in [-0.1, -0.05) is 36.4 Å². The Bertz CT molecular complexity index is 1330. The number of rotatable bonds is 10. The third-order valence-corrected chi connectivity index (χ3v) is 10.2. The predicted octanol–water partition coefficient (Wildman–Crippen LogP) is 5.61. The summed E-state index contributed by atoms with van der Waals surface area (Å²) in [6.07, 6.45) is 10.1. The number of anilines is 1. The van der Waals surface area contributed by atoms with E-state index in [2.05, 4.69) is 44.5 Å². The van der Waals surface area contributed by atoms with Crippen molar-refractivity contribution in [1.29, 1.82) is 0 Å². The quantitative estimate of drug-likeness (QED) is 0.337. The van der Waals surface area contributed by atoms with Gasteiger partial charge in [0, 0.05) is 31.7 Å². The summed E-state index contributed by atoms with van der Waals surface area (Å²) in [5.41, 5.74) is 4.70. The van der Waals surface area contributed by atoms with Crippen LogP contribution in [-0.2, 0) is 26.1 Å². The van der Waals surface area contributed by atoms with E-state index in [0.717, 1.165) is 72.4 Å². The molecule has 1 aliphatic heterocycles. The lowest BCUT2D eigenvalue weighted by atomic mass is 9.48. The minimum absolute atomic E-state index is 0.119. The number of nitrogens with zero attached hydrogens (tertiary/aromatic N) is 3. The fourth-order valence-corrected chi connectivity index (χ4v) is 8.62. The molecular formula is C34H42N4O3. The fourth-order valence-electron chi connectivity index (χ4n) is 8.62. The summed E-state index contributed by atoms with van der Waals surface area (Å²) in [4.78, 5) is 11.7. The number of fused-ring (bicyclic) bond motifs is 1. The van der Waals surface area contributed by atoms with E-state index >= 15 is 0 Å². The fraction of sp³-hybridized carbons (Fsp3) is 0.529. The van der Waals surface area contributed by atoms with Gasteiger partial charge in [0.25, 0.3) is 0 Å². The normalized spacial score (nSPS) is 27.3. The molecule has 3 aromatic rings. The SMILES string of the molecule is COc1ccc(CN2CCc3c(ncnc3NCC(O)C34CC5CC(CC(C5)C3)C4)C2)cc1OCc1ccccc1. The van der Waals surface area contributed by atoms with Crippen molar-refractivity contribution in [2.24, 2.45) is 23.2 Å². The second-order valence-electron chi connectivity index (χ2n) is 13.0. The molecule has 0 amide bonds. The third-order valence-electron chi connectivity index (χ3n) is 10.2. The number of aliphatic hydroxyl groups excluding tert-OH is 1. The summed E-state index contributed by atoms with van der Waals surface area (Å²) in [5.74, 6) is 4.92. The van der Waals surface area contributed by atoms with E-state index in [4.69, 9.17) is 9.47 Å². The Hall–Kier alpha value is -3.16. The van der Waals surface area contributed by atoms with Gasteiger partial charge in [-0.25, -0.2) is 9.97 Å². The first-order chi connectivity index (χ1) is 20.1. The van der Waals surface area contributed by atoms with Crippen molar-refractivity contribution < 1.29 is 14.6 Å². The average Bonchev–Trinajstić information content (AvgIpc) is 2.98. The molecule has 0 spiro atoms. The molecule has 0 saturated heterocycles. The number of aliphatic hydroxyl groups is 1. The van der Waals surface area contributed by atoms with E-state index in [1.165, 1.54) is 49.7 Å². The number of aromatic nitrogens is 2. The predicted molar refractivity (Wildman–Crippen MR) is 159 cm³/mol. The van der Waals surface area contributed by atoms with Crippen LogP contribution in [0.15, 0.2) is 54.9 Å². The molecule has 2 heterocycles. The van der Waals surface area contributed by atoms with E-state index in [1.807, 2.05) is 24.3 Å². The van der Waals surface area contributed by atoms with Crippen LogP contribution in [-0.4, -0.2) is 46.3 Å². The zero-order valence-electron chi connectivity index (χ0n) is 24.1. The van der Waals surface area contributed by atoms with Crippen LogP contribution in [0.25, 0.3) is 0 Å². The molecule has 0 radical (unpaired) electrons. The first-order valence-corrected chi connectivity index (χ1v) is 15.4. The maximum atomic E-state index is 11.4. The number of benzene rings is 2. The molecule has 1 unspecified atom stereocenters. The lowest BCUT2D eigenvalue weighted by Crippen LogP contribution is -2.53. The molecule has 41 heavy (non-hydrogen) atoms. The van der Waals surface area contributed by atoms with E-state index < -0.39 is 0 Å². The number of hydrogen-bond acceptors (Lipinski definition) is 7. The summed E-state index contributed by atoms with van der Waals surface area (Å²) >= 11 is 0. The Morgan fingerprint density at radius 1 is 0.976 bits per heavy atom. The lowest BCUT2D eigenvalue weighted by molar-refractivity contribution is -0.115. The highest BCUT2D eigenvalue weighted by atomic mass is 16.5. The molecule has 1 atom stereocenters. The third kappa shape index (κ3) is 5.54. The van der Waals surface area contributed by atoms with Gasteiger partial charge in [0.2, 0.25) is 0 Å². The van der Waals surface area contributed by atoms with E-state index in [9.17, 15) is 5.11 Å². The minimum Gasteiger partial charge on any atom is -0.493 e. The zero-order valence-corrected chi connectivity index (χ0v) is 24.1. The monoisotopic (exact) mass is 554 g/mol. The number of ether oxygens (including phenoxy) is 2. The van der Waals surface area contributed by atoms with Crippen molar-refractivity contribution in [3.8, 4) is 11.5 Å². The van der Waals surface area contributed by atoms with Crippen molar-refractivity contribution in [2.75, 3.05) is 25.5 Å². The van der Waals surface area contributed by atoms with Gasteiger partial charge < -0.3 is 19.9 Å². The Labute approximate surface area is 243 Å². The first-order valence-electron chi connectivity index (χ1n) is 15.4. The van der Waals surface area contributed by atoms with Crippen LogP contribution in [0, 0.1) is 23.2 Å².